The molecule has 1 aromatic rings. The Labute approximate surface area is 146 Å². The Kier molecular flexibility index (Phi) is 12.8. The molecular weight excluding hydrogens is 302 g/mol. The first-order valence-electron chi connectivity index (χ1n) is 8.99. The molecule has 0 amide bonds. The zero-order valence-corrected chi connectivity index (χ0v) is 15.2. The summed E-state index contributed by atoms with van der Waals surface area (Å²) < 4.78 is 10.7. The van der Waals surface area contributed by atoms with Crippen molar-refractivity contribution in [3.05, 3.63) is 35.9 Å². The Hall–Kier alpha value is -1.59. The Morgan fingerprint density at radius 3 is 2.58 bits per heavy atom. The van der Waals surface area contributed by atoms with Crippen LogP contribution in [0.5, 0.6) is 0 Å². The normalized spacial score (nSPS) is 11.5. The number of nitrogens with one attached hydrogen (secondary N) is 2. The van der Waals surface area contributed by atoms with E-state index in [4.69, 9.17) is 9.47 Å². The van der Waals surface area contributed by atoms with E-state index in [-0.39, 0.29) is 0 Å². The number of benzene rings is 1. The van der Waals surface area contributed by atoms with Gasteiger partial charge in [-0.2, -0.15) is 0 Å². The summed E-state index contributed by atoms with van der Waals surface area (Å²) in [6.45, 7) is 7.01. The van der Waals surface area contributed by atoms with Gasteiger partial charge in [-0.3, -0.25) is 4.99 Å². The largest absolute Gasteiger partial charge is 0.385 e. The third-order valence-corrected chi connectivity index (χ3v) is 3.51. The summed E-state index contributed by atoms with van der Waals surface area (Å²) in [6, 6.07) is 10.5. The predicted molar refractivity (Wildman–Crippen MR) is 101 cm³/mol. The molecule has 0 aliphatic carbocycles. The fourth-order valence-electron chi connectivity index (χ4n) is 2.21. The molecule has 0 bridgehead atoms. The molecule has 0 saturated carbocycles. The lowest BCUT2D eigenvalue weighted by Gasteiger charge is -2.11. The summed E-state index contributed by atoms with van der Waals surface area (Å²) in [5.74, 6) is 0.888. The third kappa shape index (κ3) is 11.0. The smallest absolute Gasteiger partial charge is 0.191 e. The Morgan fingerprint density at radius 2 is 1.83 bits per heavy atom. The van der Waals surface area contributed by atoms with Crippen molar-refractivity contribution >= 4 is 5.96 Å². The number of hydrogen-bond donors (Lipinski definition) is 2. The summed E-state index contributed by atoms with van der Waals surface area (Å²) in [7, 11) is 1.72. The number of aliphatic imine (C=N–C) groups is 1. The molecule has 0 radical (unpaired) electrons. The second kappa shape index (κ2) is 15.0. The van der Waals surface area contributed by atoms with E-state index in [9.17, 15) is 0 Å². The number of methoxy groups -OCH3 is 1. The van der Waals surface area contributed by atoms with Crippen LogP contribution in [0.2, 0.25) is 0 Å². The minimum absolute atomic E-state index is 0.753. The molecule has 2 N–H and O–H groups in total. The molecule has 136 valence electrons. The van der Waals surface area contributed by atoms with Gasteiger partial charge in [-0.1, -0.05) is 30.3 Å². The molecule has 0 spiro atoms. The lowest BCUT2D eigenvalue weighted by Crippen LogP contribution is -2.38. The summed E-state index contributed by atoms with van der Waals surface area (Å²) in [6.07, 6.45) is 4.07. The number of nitrogens with zero attached hydrogens (tertiary/aromatic N) is 1. The minimum Gasteiger partial charge on any atom is -0.385 e. The van der Waals surface area contributed by atoms with Gasteiger partial charge < -0.3 is 20.1 Å². The number of hydrogen-bond acceptors (Lipinski definition) is 3. The van der Waals surface area contributed by atoms with Gasteiger partial charge in [0.2, 0.25) is 0 Å². The topological polar surface area (TPSA) is 54.9 Å². The standard InChI is InChI=1S/C19H33N3O2/c1-3-20-19(22-14-9-15-23-2)21-13-7-8-16-24-17-12-18-10-5-4-6-11-18/h4-6,10-11H,3,7-9,12-17H2,1-2H3,(H2,20,21,22). The molecule has 0 fully saturated rings. The van der Waals surface area contributed by atoms with E-state index in [0.29, 0.717) is 0 Å². The van der Waals surface area contributed by atoms with Crippen molar-refractivity contribution in [1.29, 1.82) is 0 Å². The third-order valence-electron chi connectivity index (χ3n) is 3.51. The van der Waals surface area contributed by atoms with Crippen LogP contribution in [0.4, 0.5) is 0 Å². The van der Waals surface area contributed by atoms with Gasteiger partial charge in [0.1, 0.15) is 0 Å². The van der Waals surface area contributed by atoms with E-state index in [1.54, 1.807) is 7.11 Å². The number of rotatable bonds is 13. The Morgan fingerprint density at radius 1 is 1.00 bits per heavy atom. The van der Waals surface area contributed by atoms with Crippen molar-refractivity contribution in [2.75, 3.05) is 46.6 Å². The average molecular weight is 335 g/mol. The molecule has 0 atom stereocenters. The second-order valence-electron chi connectivity index (χ2n) is 5.59. The van der Waals surface area contributed by atoms with Crippen LogP contribution in [-0.2, 0) is 15.9 Å². The fraction of sp³-hybridized carbons (Fsp3) is 0.632. The van der Waals surface area contributed by atoms with Crippen molar-refractivity contribution in [3.8, 4) is 0 Å². The zero-order valence-electron chi connectivity index (χ0n) is 15.2. The molecule has 0 unspecified atom stereocenters. The fourth-order valence-corrected chi connectivity index (χ4v) is 2.21. The number of ether oxygens (including phenoxy) is 2. The van der Waals surface area contributed by atoms with E-state index >= 15 is 0 Å². The SMILES string of the molecule is CCNC(=NCCCOC)NCCCCOCCc1ccccc1. The van der Waals surface area contributed by atoms with Crippen molar-refractivity contribution in [2.24, 2.45) is 4.99 Å². The lowest BCUT2D eigenvalue weighted by atomic mass is 10.2. The molecule has 0 aromatic heterocycles. The summed E-state index contributed by atoms with van der Waals surface area (Å²) in [5, 5.41) is 6.61. The van der Waals surface area contributed by atoms with Crippen LogP contribution >= 0.6 is 0 Å². The molecule has 0 aliphatic heterocycles. The number of unbranched alkanes of at least 4 members (excludes halogenated alkanes) is 1. The van der Waals surface area contributed by atoms with Gasteiger partial charge in [0.25, 0.3) is 0 Å². The highest BCUT2D eigenvalue weighted by Crippen LogP contribution is 2.00. The molecule has 1 rings (SSSR count). The number of guanidine groups is 1. The first kappa shape index (κ1) is 20.5. The van der Waals surface area contributed by atoms with Crippen LogP contribution in [0.3, 0.4) is 0 Å². The molecule has 0 saturated heterocycles. The van der Waals surface area contributed by atoms with Gasteiger partial charge in [-0.05, 0) is 38.2 Å². The monoisotopic (exact) mass is 335 g/mol. The van der Waals surface area contributed by atoms with E-state index in [0.717, 1.165) is 71.1 Å². The van der Waals surface area contributed by atoms with Gasteiger partial charge in [0.05, 0.1) is 6.61 Å². The van der Waals surface area contributed by atoms with Gasteiger partial charge in [-0.15, -0.1) is 0 Å². The molecular formula is C19H33N3O2. The quantitative estimate of drug-likeness (QED) is 0.330. The van der Waals surface area contributed by atoms with Crippen LogP contribution in [0, 0.1) is 0 Å². The highest BCUT2D eigenvalue weighted by atomic mass is 16.5. The minimum atomic E-state index is 0.753. The summed E-state index contributed by atoms with van der Waals surface area (Å²) in [5.41, 5.74) is 1.33. The molecule has 0 aliphatic rings. The van der Waals surface area contributed by atoms with Crippen molar-refractivity contribution in [3.63, 3.8) is 0 Å². The molecule has 0 heterocycles. The van der Waals surface area contributed by atoms with Gasteiger partial charge in [0, 0.05) is 40.0 Å². The second-order valence-corrected chi connectivity index (χ2v) is 5.59. The molecule has 24 heavy (non-hydrogen) atoms. The predicted octanol–water partition coefficient (Wildman–Crippen LogP) is 2.62. The van der Waals surface area contributed by atoms with Crippen LogP contribution in [0.15, 0.2) is 35.3 Å². The maximum atomic E-state index is 5.70. The molecule has 5 heteroatoms. The highest BCUT2D eigenvalue weighted by molar-refractivity contribution is 5.79. The zero-order chi connectivity index (χ0) is 17.3. The first-order valence-corrected chi connectivity index (χ1v) is 8.99. The van der Waals surface area contributed by atoms with Crippen molar-refractivity contribution in [2.45, 2.75) is 32.6 Å². The van der Waals surface area contributed by atoms with Gasteiger partial charge in [-0.25, -0.2) is 0 Å². The molecule has 1 aromatic carbocycles. The maximum absolute atomic E-state index is 5.70. The lowest BCUT2D eigenvalue weighted by molar-refractivity contribution is 0.133. The van der Waals surface area contributed by atoms with Crippen LogP contribution in [0.25, 0.3) is 0 Å². The van der Waals surface area contributed by atoms with Crippen LogP contribution < -0.4 is 10.6 Å². The summed E-state index contributed by atoms with van der Waals surface area (Å²) in [4.78, 5) is 4.51. The van der Waals surface area contributed by atoms with E-state index in [1.165, 1.54) is 5.56 Å². The van der Waals surface area contributed by atoms with Crippen molar-refractivity contribution < 1.29 is 9.47 Å². The van der Waals surface area contributed by atoms with E-state index < -0.39 is 0 Å². The highest BCUT2D eigenvalue weighted by Gasteiger charge is 1.97. The maximum Gasteiger partial charge on any atom is 0.191 e. The van der Waals surface area contributed by atoms with Crippen molar-refractivity contribution in [1.82, 2.24) is 10.6 Å². The Bertz CT molecular complexity index is 424. The first-order chi connectivity index (χ1) is 11.9. The van der Waals surface area contributed by atoms with E-state index in [1.807, 2.05) is 6.07 Å². The summed E-state index contributed by atoms with van der Waals surface area (Å²) >= 11 is 0. The van der Waals surface area contributed by atoms with Crippen LogP contribution in [-0.4, -0.2) is 52.5 Å². The van der Waals surface area contributed by atoms with E-state index in [2.05, 4.69) is 46.8 Å². The molecule has 5 nitrogen and oxygen atoms in total. The van der Waals surface area contributed by atoms with Gasteiger partial charge >= 0.3 is 0 Å². The average Bonchev–Trinajstić information content (AvgIpc) is 2.61. The Balaban J connectivity index is 2.00. The van der Waals surface area contributed by atoms with Gasteiger partial charge in [0.15, 0.2) is 5.96 Å². The van der Waals surface area contributed by atoms with Crippen LogP contribution in [0.1, 0.15) is 31.7 Å².